The van der Waals surface area contributed by atoms with Gasteiger partial charge >= 0.3 is 0 Å². The standard InChI is InChI=1S/C23H23N3O3/c1-17-6-8-18(9-7-17)19-15-22(21-5-3-4-10-25-21)26-23(20(19)16-24)29-14-13-28-12-11-27-2/h3-10,15H,11-14H2,1-2H3. The molecule has 0 fully saturated rings. The Morgan fingerprint density at radius 2 is 1.76 bits per heavy atom. The molecule has 148 valence electrons. The third-order valence-corrected chi connectivity index (χ3v) is 4.29. The lowest BCUT2D eigenvalue weighted by Crippen LogP contribution is -2.11. The van der Waals surface area contributed by atoms with Crippen molar-refractivity contribution >= 4 is 0 Å². The zero-order valence-corrected chi connectivity index (χ0v) is 16.6. The monoisotopic (exact) mass is 389 g/mol. The summed E-state index contributed by atoms with van der Waals surface area (Å²) in [6.07, 6.45) is 1.71. The van der Waals surface area contributed by atoms with Crippen molar-refractivity contribution in [3.05, 3.63) is 65.9 Å². The Morgan fingerprint density at radius 3 is 2.45 bits per heavy atom. The Balaban J connectivity index is 1.96. The summed E-state index contributed by atoms with van der Waals surface area (Å²) in [7, 11) is 1.62. The minimum absolute atomic E-state index is 0.279. The predicted molar refractivity (Wildman–Crippen MR) is 111 cm³/mol. The van der Waals surface area contributed by atoms with E-state index in [1.165, 1.54) is 0 Å². The average molecular weight is 389 g/mol. The molecule has 0 spiro atoms. The van der Waals surface area contributed by atoms with Crippen molar-refractivity contribution in [3.63, 3.8) is 0 Å². The van der Waals surface area contributed by atoms with Gasteiger partial charge in [0.2, 0.25) is 5.88 Å². The van der Waals surface area contributed by atoms with Gasteiger partial charge in [0.05, 0.1) is 31.2 Å². The second-order valence-electron chi connectivity index (χ2n) is 6.38. The summed E-state index contributed by atoms with van der Waals surface area (Å²) in [5.41, 5.74) is 4.59. The summed E-state index contributed by atoms with van der Waals surface area (Å²) in [6, 6.07) is 17.8. The average Bonchev–Trinajstić information content (AvgIpc) is 2.76. The predicted octanol–water partition coefficient (Wildman–Crippen LogP) is 4.03. The van der Waals surface area contributed by atoms with Gasteiger partial charge in [-0.3, -0.25) is 4.98 Å². The molecular weight excluding hydrogens is 366 g/mol. The molecule has 29 heavy (non-hydrogen) atoms. The van der Waals surface area contributed by atoms with E-state index in [-0.39, 0.29) is 12.5 Å². The summed E-state index contributed by atoms with van der Waals surface area (Å²) in [4.78, 5) is 8.95. The Hall–Kier alpha value is -3.27. The third kappa shape index (κ3) is 5.38. The number of nitrogens with zero attached hydrogens (tertiary/aromatic N) is 3. The van der Waals surface area contributed by atoms with Gasteiger partial charge < -0.3 is 14.2 Å². The second-order valence-corrected chi connectivity index (χ2v) is 6.38. The van der Waals surface area contributed by atoms with Gasteiger partial charge in [0.1, 0.15) is 18.2 Å². The van der Waals surface area contributed by atoms with E-state index in [2.05, 4.69) is 16.0 Å². The molecule has 0 aliphatic carbocycles. The zero-order chi connectivity index (χ0) is 20.5. The maximum atomic E-state index is 9.82. The van der Waals surface area contributed by atoms with Gasteiger partial charge in [0.15, 0.2) is 0 Å². The lowest BCUT2D eigenvalue weighted by molar-refractivity contribution is 0.0536. The number of methoxy groups -OCH3 is 1. The Kier molecular flexibility index (Phi) is 7.28. The maximum absolute atomic E-state index is 9.82. The smallest absolute Gasteiger partial charge is 0.233 e. The Morgan fingerprint density at radius 1 is 0.966 bits per heavy atom. The van der Waals surface area contributed by atoms with Gasteiger partial charge in [-0.15, -0.1) is 0 Å². The van der Waals surface area contributed by atoms with Crippen molar-refractivity contribution < 1.29 is 14.2 Å². The summed E-state index contributed by atoms with van der Waals surface area (Å²) >= 11 is 0. The van der Waals surface area contributed by atoms with E-state index in [1.807, 2.05) is 55.5 Å². The second kappa shape index (κ2) is 10.3. The molecule has 0 bridgehead atoms. The fourth-order valence-corrected chi connectivity index (χ4v) is 2.78. The zero-order valence-electron chi connectivity index (χ0n) is 16.6. The number of ether oxygens (including phenoxy) is 3. The highest BCUT2D eigenvalue weighted by Gasteiger charge is 2.17. The first-order valence-electron chi connectivity index (χ1n) is 9.36. The third-order valence-electron chi connectivity index (χ3n) is 4.29. The molecule has 0 saturated heterocycles. The molecule has 0 radical (unpaired) electrons. The fourth-order valence-electron chi connectivity index (χ4n) is 2.78. The molecule has 0 aliphatic heterocycles. The van der Waals surface area contributed by atoms with Crippen molar-refractivity contribution in [2.24, 2.45) is 0 Å². The highest BCUT2D eigenvalue weighted by molar-refractivity contribution is 5.77. The van der Waals surface area contributed by atoms with Gasteiger partial charge in [0.25, 0.3) is 0 Å². The van der Waals surface area contributed by atoms with Crippen LogP contribution in [0.3, 0.4) is 0 Å². The topological polar surface area (TPSA) is 77.3 Å². The minimum Gasteiger partial charge on any atom is -0.474 e. The molecule has 1 aromatic carbocycles. The van der Waals surface area contributed by atoms with Gasteiger partial charge in [0, 0.05) is 18.9 Å². The summed E-state index contributed by atoms with van der Waals surface area (Å²) in [5.74, 6) is 0.279. The normalized spacial score (nSPS) is 10.5. The van der Waals surface area contributed by atoms with Crippen LogP contribution in [-0.4, -0.2) is 43.5 Å². The number of nitriles is 1. The van der Waals surface area contributed by atoms with Gasteiger partial charge in [-0.2, -0.15) is 5.26 Å². The van der Waals surface area contributed by atoms with Crippen LogP contribution in [0.1, 0.15) is 11.1 Å². The van der Waals surface area contributed by atoms with Crippen molar-refractivity contribution in [2.45, 2.75) is 6.92 Å². The van der Waals surface area contributed by atoms with E-state index >= 15 is 0 Å². The molecule has 3 rings (SSSR count). The van der Waals surface area contributed by atoms with Crippen LogP contribution in [0.15, 0.2) is 54.7 Å². The number of aromatic nitrogens is 2. The number of pyridine rings is 2. The molecule has 0 atom stereocenters. The van der Waals surface area contributed by atoms with Crippen LogP contribution in [0.2, 0.25) is 0 Å². The summed E-state index contributed by atoms with van der Waals surface area (Å²) in [5, 5.41) is 9.82. The summed E-state index contributed by atoms with van der Waals surface area (Å²) in [6.45, 7) is 3.70. The number of hydrogen-bond donors (Lipinski definition) is 0. The van der Waals surface area contributed by atoms with Crippen LogP contribution in [-0.2, 0) is 9.47 Å². The molecule has 0 aliphatic rings. The lowest BCUT2D eigenvalue weighted by Gasteiger charge is -2.13. The SMILES string of the molecule is COCCOCCOc1nc(-c2ccccn2)cc(-c2ccc(C)cc2)c1C#N. The molecule has 3 aromatic rings. The van der Waals surface area contributed by atoms with Crippen LogP contribution in [0.4, 0.5) is 0 Å². The van der Waals surface area contributed by atoms with E-state index < -0.39 is 0 Å². The molecule has 0 unspecified atom stereocenters. The van der Waals surface area contributed by atoms with Crippen molar-refractivity contribution in [1.29, 1.82) is 5.26 Å². The first-order valence-corrected chi connectivity index (χ1v) is 9.36. The largest absolute Gasteiger partial charge is 0.474 e. The van der Waals surface area contributed by atoms with Crippen molar-refractivity contribution in [1.82, 2.24) is 9.97 Å². The quantitative estimate of drug-likeness (QED) is 0.514. The molecule has 2 heterocycles. The molecule has 6 nitrogen and oxygen atoms in total. The number of benzene rings is 1. The van der Waals surface area contributed by atoms with Crippen molar-refractivity contribution in [2.75, 3.05) is 33.5 Å². The molecule has 0 saturated carbocycles. The minimum atomic E-state index is 0.279. The van der Waals surface area contributed by atoms with Crippen molar-refractivity contribution in [3.8, 4) is 34.5 Å². The molecule has 6 heteroatoms. The highest BCUT2D eigenvalue weighted by Crippen LogP contribution is 2.33. The van der Waals surface area contributed by atoms with E-state index in [1.54, 1.807) is 13.3 Å². The maximum Gasteiger partial charge on any atom is 0.233 e. The van der Waals surface area contributed by atoms with Gasteiger partial charge in [-0.1, -0.05) is 35.9 Å². The van der Waals surface area contributed by atoms with Crippen LogP contribution < -0.4 is 4.74 Å². The van der Waals surface area contributed by atoms with E-state index in [0.717, 1.165) is 16.7 Å². The van der Waals surface area contributed by atoms with E-state index in [4.69, 9.17) is 14.2 Å². The molecule has 0 N–H and O–H groups in total. The van der Waals surface area contributed by atoms with Crippen LogP contribution in [0, 0.1) is 18.3 Å². The van der Waals surface area contributed by atoms with E-state index in [0.29, 0.717) is 36.8 Å². The van der Waals surface area contributed by atoms with Crippen LogP contribution in [0.25, 0.3) is 22.5 Å². The first-order chi connectivity index (χ1) is 14.2. The van der Waals surface area contributed by atoms with Gasteiger partial charge in [-0.25, -0.2) is 4.98 Å². The number of aryl methyl sites for hydroxylation is 1. The Labute approximate surface area is 170 Å². The van der Waals surface area contributed by atoms with E-state index in [9.17, 15) is 5.26 Å². The lowest BCUT2D eigenvalue weighted by atomic mass is 9.99. The van der Waals surface area contributed by atoms with Crippen LogP contribution in [0.5, 0.6) is 5.88 Å². The Bertz CT molecular complexity index is 967. The molecule has 0 amide bonds. The van der Waals surface area contributed by atoms with Gasteiger partial charge in [-0.05, 0) is 30.7 Å². The molecular formula is C23H23N3O3. The highest BCUT2D eigenvalue weighted by atomic mass is 16.5. The first kappa shape index (κ1) is 20.5. The van der Waals surface area contributed by atoms with Crippen LogP contribution >= 0.6 is 0 Å². The number of hydrogen-bond acceptors (Lipinski definition) is 6. The number of rotatable bonds is 9. The summed E-state index contributed by atoms with van der Waals surface area (Å²) < 4.78 is 16.2. The molecule has 2 aromatic heterocycles. The fraction of sp³-hybridized carbons (Fsp3) is 0.261.